The molecule has 0 bridgehead atoms. The number of nitrogens with zero attached hydrogens (tertiary/aromatic N) is 1. The molecule has 1 aromatic carbocycles. The lowest BCUT2D eigenvalue weighted by molar-refractivity contribution is 0.147. The molecule has 0 radical (unpaired) electrons. The standard InChI is InChI=1S/C13H18N2O2S/c1-3-18-12-6-4-5-11(10(12)7-14)15-13(2,8-16)9-17/h4-6,15-17H,3,8-9H2,1-2H3. The van der Waals surface area contributed by atoms with E-state index >= 15 is 0 Å². The fourth-order valence-electron chi connectivity index (χ4n) is 1.48. The van der Waals surface area contributed by atoms with Gasteiger partial charge in [-0.25, -0.2) is 0 Å². The molecule has 0 aliphatic carbocycles. The Hall–Kier alpha value is -1.22. The van der Waals surface area contributed by atoms with Gasteiger partial charge in [0.25, 0.3) is 0 Å². The molecule has 0 spiro atoms. The lowest BCUT2D eigenvalue weighted by Gasteiger charge is -2.28. The zero-order chi connectivity index (χ0) is 13.6. The predicted octanol–water partition coefficient (Wildman–Crippen LogP) is 1.83. The van der Waals surface area contributed by atoms with Crippen LogP contribution in [0.1, 0.15) is 19.4 Å². The average molecular weight is 266 g/mol. The third kappa shape index (κ3) is 3.39. The van der Waals surface area contributed by atoms with Crippen LogP contribution in [-0.2, 0) is 0 Å². The molecule has 0 saturated heterocycles. The Morgan fingerprint density at radius 1 is 1.39 bits per heavy atom. The van der Waals surface area contributed by atoms with Crippen LogP contribution in [-0.4, -0.2) is 34.7 Å². The largest absolute Gasteiger partial charge is 0.394 e. The average Bonchev–Trinajstić information content (AvgIpc) is 2.39. The molecule has 0 fully saturated rings. The van der Waals surface area contributed by atoms with Gasteiger partial charge in [0, 0.05) is 4.90 Å². The minimum absolute atomic E-state index is 0.209. The van der Waals surface area contributed by atoms with Crippen LogP contribution < -0.4 is 5.32 Å². The molecule has 1 aromatic rings. The van der Waals surface area contributed by atoms with Crippen molar-refractivity contribution in [3.8, 4) is 6.07 Å². The Bertz CT molecular complexity index is 439. The van der Waals surface area contributed by atoms with E-state index in [-0.39, 0.29) is 13.2 Å². The first-order valence-corrected chi connectivity index (χ1v) is 6.74. The number of anilines is 1. The monoisotopic (exact) mass is 266 g/mol. The first-order valence-electron chi connectivity index (χ1n) is 5.76. The summed E-state index contributed by atoms with van der Waals surface area (Å²) in [5, 5.41) is 30.8. The van der Waals surface area contributed by atoms with Crippen molar-refractivity contribution < 1.29 is 10.2 Å². The van der Waals surface area contributed by atoms with Gasteiger partial charge in [-0.3, -0.25) is 0 Å². The van der Waals surface area contributed by atoms with Crippen LogP contribution in [0.4, 0.5) is 5.69 Å². The van der Waals surface area contributed by atoms with Crippen molar-refractivity contribution in [3.05, 3.63) is 23.8 Å². The maximum absolute atomic E-state index is 9.27. The van der Waals surface area contributed by atoms with E-state index in [2.05, 4.69) is 11.4 Å². The number of nitrogens with one attached hydrogen (secondary N) is 1. The van der Waals surface area contributed by atoms with Crippen LogP contribution in [0.25, 0.3) is 0 Å². The van der Waals surface area contributed by atoms with Gasteiger partial charge in [-0.05, 0) is 24.8 Å². The smallest absolute Gasteiger partial charge is 0.102 e. The van der Waals surface area contributed by atoms with E-state index in [4.69, 9.17) is 0 Å². The lowest BCUT2D eigenvalue weighted by atomic mass is 10.0. The summed E-state index contributed by atoms with van der Waals surface area (Å²) < 4.78 is 0. The third-order valence-corrected chi connectivity index (χ3v) is 3.51. The topological polar surface area (TPSA) is 76.3 Å². The van der Waals surface area contributed by atoms with Gasteiger partial charge >= 0.3 is 0 Å². The summed E-state index contributed by atoms with van der Waals surface area (Å²) in [6, 6.07) is 7.71. The van der Waals surface area contributed by atoms with E-state index in [1.54, 1.807) is 24.8 Å². The summed E-state index contributed by atoms with van der Waals surface area (Å²) in [5.41, 5.74) is 0.361. The molecule has 0 atom stereocenters. The molecule has 0 aliphatic heterocycles. The first-order chi connectivity index (χ1) is 8.60. The Balaban J connectivity index is 3.10. The van der Waals surface area contributed by atoms with Crippen molar-refractivity contribution in [1.29, 1.82) is 5.26 Å². The highest BCUT2D eigenvalue weighted by atomic mass is 32.2. The molecule has 0 saturated carbocycles. The van der Waals surface area contributed by atoms with Crippen molar-refractivity contribution in [2.24, 2.45) is 0 Å². The summed E-state index contributed by atoms with van der Waals surface area (Å²) in [6.07, 6.45) is 0. The third-order valence-electron chi connectivity index (χ3n) is 2.57. The highest BCUT2D eigenvalue weighted by Crippen LogP contribution is 2.29. The van der Waals surface area contributed by atoms with Crippen molar-refractivity contribution in [1.82, 2.24) is 0 Å². The Morgan fingerprint density at radius 2 is 2.06 bits per heavy atom. The molecule has 3 N–H and O–H groups in total. The summed E-state index contributed by atoms with van der Waals surface area (Å²) >= 11 is 1.59. The maximum atomic E-state index is 9.27. The van der Waals surface area contributed by atoms with Crippen LogP contribution >= 0.6 is 11.8 Å². The van der Waals surface area contributed by atoms with E-state index in [0.717, 1.165) is 10.6 Å². The van der Waals surface area contributed by atoms with Crippen LogP contribution in [0.15, 0.2) is 23.1 Å². The van der Waals surface area contributed by atoms with E-state index in [9.17, 15) is 15.5 Å². The predicted molar refractivity (Wildman–Crippen MR) is 73.8 cm³/mol. The molecule has 0 aliphatic rings. The fourth-order valence-corrected chi connectivity index (χ4v) is 2.27. The highest BCUT2D eigenvalue weighted by Gasteiger charge is 2.23. The number of hydrogen-bond acceptors (Lipinski definition) is 5. The summed E-state index contributed by atoms with van der Waals surface area (Å²) in [4.78, 5) is 0.906. The van der Waals surface area contributed by atoms with Crippen LogP contribution in [0.2, 0.25) is 0 Å². The fraction of sp³-hybridized carbons (Fsp3) is 0.462. The number of benzene rings is 1. The molecule has 0 amide bonds. The lowest BCUT2D eigenvalue weighted by Crippen LogP contribution is -2.42. The van der Waals surface area contributed by atoms with Crippen LogP contribution in [0.5, 0.6) is 0 Å². The van der Waals surface area contributed by atoms with E-state index in [1.807, 2.05) is 19.1 Å². The molecule has 5 heteroatoms. The van der Waals surface area contributed by atoms with Gasteiger partial charge in [0.15, 0.2) is 0 Å². The molecule has 1 rings (SSSR count). The van der Waals surface area contributed by atoms with Crippen molar-refractivity contribution >= 4 is 17.4 Å². The van der Waals surface area contributed by atoms with Crippen molar-refractivity contribution in [2.75, 3.05) is 24.3 Å². The van der Waals surface area contributed by atoms with E-state index < -0.39 is 5.54 Å². The highest BCUT2D eigenvalue weighted by molar-refractivity contribution is 7.99. The number of thioether (sulfide) groups is 1. The Kier molecular flexibility index (Phi) is 5.48. The second-order valence-electron chi connectivity index (χ2n) is 4.23. The Labute approximate surface area is 112 Å². The van der Waals surface area contributed by atoms with Gasteiger partial charge < -0.3 is 15.5 Å². The van der Waals surface area contributed by atoms with Gasteiger partial charge in [0.2, 0.25) is 0 Å². The van der Waals surface area contributed by atoms with Crippen molar-refractivity contribution in [3.63, 3.8) is 0 Å². The van der Waals surface area contributed by atoms with Gasteiger partial charge in [0.1, 0.15) is 6.07 Å². The Morgan fingerprint density at radius 3 is 2.56 bits per heavy atom. The molecule has 0 heterocycles. The van der Waals surface area contributed by atoms with Gasteiger partial charge in [-0.1, -0.05) is 13.0 Å². The normalized spacial score (nSPS) is 11.1. The molecule has 18 heavy (non-hydrogen) atoms. The number of rotatable bonds is 6. The van der Waals surface area contributed by atoms with Gasteiger partial charge in [0.05, 0.1) is 30.0 Å². The maximum Gasteiger partial charge on any atom is 0.102 e. The zero-order valence-electron chi connectivity index (χ0n) is 10.6. The first kappa shape index (κ1) is 14.8. The molecular weight excluding hydrogens is 248 g/mol. The van der Waals surface area contributed by atoms with Crippen molar-refractivity contribution in [2.45, 2.75) is 24.3 Å². The molecular formula is C13H18N2O2S. The number of aliphatic hydroxyl groups excluding tert-OH is 2. The number of aliphatic hydroxyl groups is 2. The second-order valence-corrected chi connectivity index (χ2v) is 5.53. The number of nitriles is 1. The SMILES string of the molecule is CCSc1cccc(NC(C)(CO)CO)c1C#N. The number of hydrogen-bond donors (Lipinski definition) is 3. The van der Waals surface area contributed by atoms with E-state index in [1.165, 1.54) is 0 Å². The molecule has 0 unspecified atom stereocenters. The van der Waals surface area contributed by atoms with Gasteiger partial charge in [-0.15, -0.1) is 11.8 Å². The zero-order valence-corrected chi connectivity index (χ0v) is 11.4. The molecule has 4 nitrogen and oxygen atoms in total. The summed E-state index contributed by atoms with van der Waals surface area (Å²) in [7, 11) is 0. The van der Waals surface area contributed by atoms with Crippen LogP contribution in [0.3, 0.4) is 0 Å². The van der Waals surface area contributed by atoms with Gasteiger partial charge in [-0.2, -0.15) is 5.26 Å². The molecule has 0 aromatic heterocycles. The van der Waals surface area contributed by atoms with Crippen LogP contribution in [0, 0.1) is 11.3 Å². The second kappa shape index (κ2) is 6.64. The quantitative estimate of drug-likeness (QED) is 0.685. The summed E-state index contributed by atoms with van der Waals surface area (Å²) in [6.45, 7) is 3.31. The minimum Gasteiger partial charge on any atom is -0.394 e. The minimum atomic E-state index is -0.832. The van der Waals surface area contributed by atoms with E-state index in [0.29, 0.717) is 11.3 Å². The molecule has 98 valence electrons. The summed E-state index contributed by atoms with van der Waals surface area (Å²) in [5.74, 6) is 0.884.